The lowest BCUT2D eigenvalue weighted by Gasteiger charge is -2.33. The van der Waals surface area contributed by atoms with E-state index >= 15 is 0 Å². The first kappa shape index (κ1) is 38.4. The number of aryl methyl sites for hydroxylation is 1. The zero-order valence-electron chi connectivity index (χ0n) is 28.8. The summed E-state index contributed by atoms with van der Waals surface area (Å²) in [5, 5.41) is 6.79. The van der Waals surface area contributed by atoms with E-state index in [0.717, 1.165) is 36.3 Å². The SMILES string of the molecule is CN1C(=O)C[C@H](C(=O)NCCOCCNC(=O)c2ccc(CCC(=O)CC[C@H]3CN(Cc4ccc(Cl)c(Cl)c4)CCO3)cc2)[C@H]1c1cccnc1. The molecule has 11 nitrogen and oxygen atoms in total. The number of nitrogens with one attached hydrogen (secondary N) is 2. The second-order valence-electron chi connectivity index (χ2n) is 13.0. The maximum atomic E-state index is 12.9. The molecule has 3 aromatic rings. The van der Waals surface area contributed by atoms with Crippen LogP contribution in [0.15, 0.2) is 67.0 Å². The van der Waals surface area contributed by atoms with Gasteiger partial charge in [0, 0.05) is 77.0 Å². The van der Waals surface area contributed by atoms with Gasteiger partial charge in [0.05, 0.1) is 47.9 Å². The molecule has 0 unspecified atom stereocenters. The topological polar surface area (TPSA) is 130 Å². The molecule has 13 heteroatoms. The monoisotopic (exact) mass is 737 g/mol. The fraction of sp³-hybridized carbons (Fsp3) is 0.447. The maximum absolute atomic E-state index is 12.9. The number of rotatable bonds is 17. The molecule has 51 heavy (non-hydrogen) atoms. The number of carbonyl (C=O) groups is 4. The van der Waals surface area contributed by atoms with Crippen LogP contribution in [0.1, 0.15) is 58.8 Å². The van der Waals surface area contributed by atoms with Gasteiger partial charge in [0.2, 0.25) is 11.8 Å². The van der Waals surface area contributed by atoms with Crippen molar-refractivity contribution in [2.75, 3.05) is 53.0 Å². The molecule has 0 spiro atoms. The van der Waals surface area contributed by atoms with Crippen LogP contribution in [-0.2, 0) is 36.8 Å². The Bertz CT molecular complexity index is 1640. The predicted octanol–water partition coefficient (Wildman–Crippen LogP) is 4.65. The Balaban J connectivity index is 0.924. The van der Waals surface area contributed by atoms with Gasteiger partial charge >= 0.3 is 0 Å². The molecule has 0 saturated carbocycles. The Morgan fingerprint density at radius 2 is 1.75 bits per heavy atom. The van der Waals surface area contributed by atoms with Crippen molar-refractivity contribution >= 4 is 46.7 Å². The highest BCUT2D eigenvalue weighted by Crippen LogP contribution is 2.36. The second kappa shape index (κ2) is 19.1. The smallest absolute Gasteiger partial charge is 0.251 e. The molecule has 2 aliphatic heterocycles. The molecule has 0 aliphatic carbocycles. The van der Waals surface area contributed by atoms with Crippen LogP contribution in [0.5, 0.6) is 0 Å². The lowest BCUT2D eigenvalue weighted by Crippen LogP contribution is -2.42. The molecule has 1 aromatic heterocycles. The Kier molecular flexibility index (Phi) is 14.4. The number of halogens is 2. The molecule has 3 heterocycles. The number of benzene rings is 2. The Morgan fingerprint density at radius 3 is 2.49 bits per heavy atom. The van der Waals surface area contributed by atoms with E-state index in [1.807, 2.05) is 36.4 Å². The van der Waals surface area contributed by atoms with Gasteiger partial charge in [0.15, 0.2) is 0 Å². The molecule has 272 valence electrons. The van der Waals surface area contributed by atoms with Crippen LogP contribution in [0.3, 0.4) is 0 Å². The van der Waals surface area contributed by atoms with Crippen molar-refractivity contribution in [1.82, 2.24) is 25.4 Å². The first-order chi connectivity index (χ1) is 24.7. The number of ether oxygens (including phenoxy) is 2. The van der Waals surface area contributed by atoms with Gasteiger partial charge < -0.3 is 25.0 Å². The summed E-state index contributed by atoms with van der Waals surface area (Å²) in [5.41, 5.74) is 3.44. The average Bonchev–Trinajstić information content (AvgIpc) is 3.44. The summed E-state index contributed by atoms with van der Waals surface area (Å²) in [6.45, 7) is 4.13. The minimum Gasteiger partial charge on any atom is -0.378 e. The third kappa shape index (κ3) is 11.3. The van der Waals surface area contributed by atoms with E-state index in [1.54, 1.807) is 42.5 Å². The number of amides is 3. The van der Waals surface area contributed by atoms with Crippen molar-refractivity contribution in [3.05, 3.63) is 99.3 Å². The van der Waals surface area contributed by atoms with Crippen LogP contribution in [0, 0.1) is 5.92 Å². The number of carbonyl (C=O) groups excluding carboxylic acids is 4. The highest BCUT2D eigenvalue weighted by molar-refractivity contribution is 6.42. The van der Waals surface area contributed by atoms with Gasteiger partial charge in [-0.1, -0.05) is 47.5 Å². The summed E-state index contributed by atoms with van der Waals surface area (Å²) in [6, 6.07) is 16.3. The number of morpholine rings is 1. The largest absolute Gasteiger partial charge is 0.378 e. The highest BCUT2D eigenvalue weighted by Gasteiger charge is 2.42. The number of likely N-dealkylation sites (tertiary alicyclic amines) is 1. The normalized spacial score (nSPS) is 19.2. The summed E-state index contributed by atoms with van der Waals surface area (Å²) >= 11 is 12.2. The van der Waals surface area contributed by atoms with Crippen LogP contribution < -0.4 is 10.6 Å². The molecule has 2 aromatic carbocycles. The number of Topliss-reactive ketones (excluding diaryl/α,β-unsaturated/α-hetero) is 1. The van der Waals surface area contributed by atoms with Crippen LogP contribution >= 0.6 is 23.2 Å². The van der Waals surface area contributed by atoms with Crippen LogP contribution in [-0.4, -0.2) is 97.4 Å². The van der Waals surface area contributed by atoms with Crippen LogP contribution in [0.2, 0.25) is 10.0 Å². The maximum Gasteiger partial charge on any atom is 0.251 e. The Labute approximate surface area is 309 Å². The highest BCUT2D eigenvalue weighted by atomic mass is 35.5. The zero-order valence-corrected chi connectivity index (χ0v) is 30.3. The summed E-state index contributed by atoms with van der Waals surface area (Å²) in [6.07, 6.45) is 5.69. The molecule has 2 aliphatic rings. The number of hydrogen-bond donors (Lipinski definition) is 2. The summed E-state index contributed by atoms with van der Waals surface area (Å²) in [4.78, 5) is 58.5. The summed E-state index contributed by atoms with van der Waals surface area (Å²) in [5.74, 6) is -0.808. The van der Waals surface area contributed by atoms with Crippen LogP contribution in [0.4, 0.5) is 0 Å². The lowest BCUT2D eigenvalue weighted by molar-refractivity contribution is -0.128. The van der Waals surface area contributed by atoms with Gasteiger partial charge in [-0.15, -0.1) is 0 Å². The van der Waals surface area contributed by atoms with Crippen molar-refractivity contribution in [3.63, 3.8) is 0 Å². The Hall–Kier alpha value is -3.87. The lowest BCUT2D eigenvalue weighted by atomic mass is 9.94. The number of aromatic nitrogens is 1. The molecule has 0 radical (unpaired) electrons. The van der Waals surface area contributed by atoms with E-state index < -0.39 is 5.92 Å². The molecule has 2 saturated heterocycles. The Morgan fingerprint density at radius 1 is 0.980 bits per heavy atom. The molecular weight excluding hydrogens is 693 g/mol. The first-order valence-electron chi connectivity index (χ1n) is 17.4. The van der Waals surface area contributed by atoms with Gasteiger partial charge in [-0.3, -0.25) is 29.1 Å². The van der Waals surface area contributed by atoms with Gasteiger partial charge in [0.25, 0.3) is 5.91 Å². The van der Waals surface area contributed by atoms with Gasteiger partial charge in [0.1, 0.15) is 5.78 Å². The minimum absolute atomic E-state index is 0.0121. The van der Waals surface area contributed by atoms with E-state index in [2.05, 4.69) is 20.5 Å². The fourth-order valence-corrected chi connectivity index (χ4v) is 6.80. The molecular formula is C38H45Cl2N5O6. The van der Waals surface area contributed by atoms with Crippen molar-refractivity contribution < 1.29 is 28.7 Å². The average molecular weight is 739 g/mol. The van der Waals surface area contributed by atoms with E-state index in [1.165, 1.54) is 0 Å². The molecule has 3 amide bonds. The van der Waals surface area contributed by atoms with Gasteiger partial charge in [-0.05, 0) is 59.9 Å². The minimum atomic E-state index is -0.500. The molecule has 5 rings (SSSR count). The van der Waals surface area contributed by atoms with Gasteiger partial charge in [-0.25, -0.2) is 0 Å². The standard InChI is InChI=1S/C38H45Cl2N5O6/c1-44-35(47)22-32(36(44)29-3-2-14-41-23-29)38(49)43-16-19-50-18-15-42-37(48)28-8-4-26(5-9-28)6-10-30(46)11-12-31-25-45(17-20-51-31)24-27-7-13-33(39)34(40)21-27/h2-5,7-9,13-14,21,23,31-32,36H,6,10-12,15-20,22,24-25H2,1H3,(H,42,48)(H,43,49)/t31-,32-,36+/m0/s1. The molecule has 0 bridgehead atoms. The van der Waals surface area contributed by atoms with Crippen molar-refractivity contribution in [2.45, 2.75) is 50.8 Å². The number of pyridine rings is 1. The molecule has 2 fully saturated rings. The molecule has 3 atom stereocenters. The van der Waals surface area contributed by atoms with E-state index in [9.17, 15) is 19.2 Å². The number of nitrogens with zero attached hydrogens (tertiary/aromatic N) is 3. The first-order valence-corrected chi connectivity index (χ1v) is 18.1. The van der Waals surface area contributed by atoms with E-state index in [0.29, 0.717) is 61.0 Å². The fourth-order valence-electron chi connectivity index (χ4n) is 6.48. The molecule has 2 N–H and O–H groups in total. The summed E-state index contributed by atoms with van der Waals surface area (Å²) in [7, 11) is 1.70. The van der Waals surface area contributed by atoms with E-state index in [4.69, 9.17) is 32.7 Å². The predicted molar refractivity (Wildman–Crippen MR) is 194 cm³/mol. The third-order valence-corrected chi connectivity index (χ3v) is 10.0. The van der Waals surface area contributed by atoms with Crippen molar-refractivity contribution in [2.24, 2.45) is 5.92 Å². The second-order valence-corrected chi connectivity index (χ2v) is 13.8. The van der Waals surface area contributed by atoms with Gasteiger partial charge in [-0.2, -0.15) is 0 Å². The summed E-state index contributed by atoms with van der Waals surface area (Å²) < 4.78 is 11.5. The third-order valence-electron chi connectivity index (χ3n) is 9.29. The number of ketones is 1. The zero-order chi connectivity index (χ0) is 36.2. The van der Waals surface area contributed by atoms with E-state index in [-0.39, 0.29) is 55.3 Å². The van der Waals surface area contributed by atoms with Crippen LogP contribution in [0.25, 0.3) is 0 Å². The van der Waals surface area contributed by atoms with Crippen molar-refractivity contribution in [1.29, 1.82) is 0 Å². The van der Waals surface area contributed by atoms with Crippen molar-refractivity contribution in [3.8, 4) is 0 Å². The number of hydrogen-bond acceptors (Lipinski definition) is 8. The quantitative estimate of drug-likeness (QED) is 0.192.